The highest BCUT2D eigenvalue weighted by Gasteiger charge is 2.35. The maximum absolute atomic E-state index is 12.7. The fourth-order valence-electron chi connectivity index (χ4n) is 2.58. The average Bonchev–Trinajstić information content (AvgIpc) is 2.89. The second-order valence-corrected chi connectivity index (χ2v) is 8.34. The molecule has 1 fully saturated rings. The van der Waals surface area contributed by atoms with Gasteiger partial charge in [0.25, 0.3) is 0 Å². The highest BCUT2D eigenvalue weighted by molar-refractivity contribution is 7.89. The summed E-state index contributed by atoms with van der Waals surface area (Å²) in [5, 5.41) is 9.57. The predicted octanol–water partition coefficient (Wildman–Crippen LogP) is 3.15. The van der Waals surface area contributed by atoms with Gasteiger partial charge in [-0.2, -0.15) is 4.31 Å². The standard InChI is InChI=1S/C14H19Cl2NO3S/c1-9(2)10-5-6-17(7-10)21(19,20)13-4-3-12(15)11(8-18)14(13)16/h3-4,9-10,18H,5-8H2,1-2H3. The van der Waals surface area contributed by atoms with E-state index in [-0.39, 0.29) is 20.5 Å². The van der Waals surface area contributed by atoms with Gasteiger partial charge in [-0.15, -0.1) is 0 Å². The maximum atomic E-state index is 12.7. The smallest absolute Gasteiger partial charge is 0.244 e. The zero-order chi connectivity index (χ0) is 15.8. The van der Waals surface area contributed by atoms with Crippen LogP contribution in [0.15, 0.2) is 17.0 Å². The molecule has 1 saturated heterocycles. The highest BCUT2D eigenvalue weighted by Crippen LogP contribution is 2.35. The third-order valence-corrected chi connectivity index (χ3v) is 6.86. The molecule has 1 atom stereocenters. The van der Waals surface area contributed by atoms with E-state index in [0.717, 1.165) is 6.42 Å². The van der Waals surface area contributed by atoms with Crippen molar-refractivity contribution in [2.45, 2.75) is 31.8 Å². The van der Waals surface area contributed by atoms with Gasteiger partial charge >= 0.3 is 0 Å². The first-order valence-corrected chi connectivity index (χ1v) is 9.06. The molecule has 1 aromatic carbocycles. The summed E-state index contributed by atoms with van der Waals surface area (Å²) in [6.07, 6.45) is 0.856. The lowest BCUT2D eigenvalue weighted by molar-refractivity contribution is 0.281. The number of rotatable bonds is 4. The third-order valence-electron chi connectivity index (χ3n) is 4.06. The normalized spacial score (nSPS) is 20.4. The van der Waals surface area contributed by atoms with E-state index >= 15 is 0 Å². The number of hydrogen-bond acceptors (Lipinski definition) is 3. The number of aliphatic hydroxyl groups is 1. The Morgan fingerprint density at radius 3 is 2.57 bits per heavy atom. The number of hydrogen-bond donors (Lipinski definition) is 1. The third kappa shape index (κ3) is 3.22. The van der Waals surface area contributed by atoms with E-state index in [0.29, 0.717) is 24.9 Å². The van der Waals surface area contributed by atoms with Gasteiger partial charge in [-0.1, -0.05) is 37.0 Å². The zero-order valence-corrected chi connectivity index (χ0v) is 14.3. The van der Waals surface area contributed by atoms with Crippen LogP contribution in [0.2, 0.25) is 10.0 Å². The van der Waals surface area contributed by atoms with Crippen molar-refractivity contribution in [1.82, 2.24) is 4.31 Å². The van der Waals surface area contributed by atoms with E-state index in [4.69, 9.17) is 23.2 Å². The molecule has 1 N–H and O–H groups in total. The van der Waals surface area contributed by atoms with Crippen molar-refractivity contribution in [3.8, 4) is 0 Å². The van der Waals surface area contributed by atoms with Crippen LogP contribution >= 0.6 is 23.2 Å². The number of benzene rings is 1. The molecule has 118 valence electrons. The van der Waals surface area contributed by atoms with Crippen molar-refractivity contribution in [3.63, 3.8) is 0 Å². The zero-order valence-electron chi connectivity index (χ0n) is 12.0. The quantitative estimate of drug-likeness (QED) is 0.906. The maximum Gasteiger partial charge on any atom is 0.244 e. The van der Waals surface area contributed by atoms with E-state index in [9.17, 15) is 13.5 Å². The van der Waals surface area contributed by atoms with Crippen molar-refractivity contribution < 1.29 is 13.5 Å². The monoisotopic (exact) mass is 351 g/mol. The molecule has 0 bridgehead atoms. The van der Waals surface area contributed by atoms with E-state index < -0.39 is 16.6 Å². The summed E-state index contributed by atoms with van der Waals surface area (Å²) in [5.41, 5.74) is 0.249. The Morgan fingerprint density at radius 1 is 1.38 bits per heavy atom. The molecule has 1 unspecified atom stereocenters. The van der Waals surface area contributed by atoms with Crippen LogP contribution in [-0.4, -0.2) is 30.9 Å². The molecule has 0 spiro atoms. The molecule has 0 aliphatic carbocycles. The predicted molar refractivity (Wildman–Crippen MR) is 84.1 cm³/mol. The van der Waals surface area contributed by atoms with Crippen LogP contribution in [0, 0.1) is 11.8 Å². The lowest BCUT2D eigenvalue weighted by Gasteiger charge is -2.19. The van der Waals surface area contributed by atoms with E-state index in [2.05, 4.69) is 13.8 Å². The molecule has 0 saturated carbocycles. The molecule has 2 rings (SSSR count). The average molecular weight is 352 g/mol. The molecular formula is C14H19Cl2NO3S. The van der Waals surface area contributed by atoms with Crippen LogP contribution in [-0.2, 0) is 16.6 Å². The lowest BCUT2D eigenvalue weighted by atomic mass is 9.96. The van der Waals surface area contributed by atoms with Gasteiger partial charge < -0.3 is 5.11 Å². The fraction of sp³-hybridized carbons (Fsp3) is 0.571. The minimum Gasteiger partial charge on any atom is -0.392 e. The Morgan fingerprint density at radius 2 is 2.05 bits per heavy atom. The summed E-state index contributed by atoms with van der Waals surface area (Å²) in [6, 6.07) is 2.86. The summed E-state index contributed by atoms with van der Waals surface area (Å²) in [6.45, 7) is 4.81. The molecular weight excluding hydrogens is 333 g/mol. The van der Waals surface area contributed by atoms with Crippen molar-refractivity contribution in [2.24, 2.45) is 11.8 Å². The molecule has 4 nitrogen and oxygen atoms in total. The Kier molecular flexibility index (Phi) is 5.21. The van der Waals surface area contributed by atoms with Crippen LogP contribution in [0.4, 0.5) is 0 Å². The SMILES string of the molecule is CC(C)C1CCN(S(=O)(=O)c2ccc(Cl)c(CO)c2Cl)C1. The lowest BCUT2D eigenvalue weighted by Crippen LogP contribution is -2.30. The van der Waals surface area contributed by atoms with Gasteiger partial charge in [0.15, 0.2) is 0 Å². The molecule has 0 amide bonds. The van der Waals surface area contributed by atoms with Crippen LogP contribution in [0.3, 0.4) is 0 Å². The van der Waals surface area contributed by atoms with E-state index in [1.165, 1.54) is 16.4 Å². The fourth-order valence-corrected chi connectivity index (χ4v) is 4.96. The molecule has 0 radical (unpaired) electrons. The number of sulfonamides is 1. The van der Waals surface area contributed by atoms with Crippen molar-refractivity contribution in [1.29, 1.82) is 0 Å². The summed E-state index contributed by atoms with van der Waals surface area (Å²) in [4.78, 5) is 0.0158. The second kappa shape index (κ2) is 6.42. The Bertz CT molecular complexity index is 631. The van der Waals surface area contributed by atoms with Gasteiger partial charge in [-0.25, -0.2) is 8.42 Å². The first-order chi connectivity index (χ1) is 9.78. The molecule has 1 aromatic rings. The first-order valence-electron chi connectivity index (χ1n) is 6.87. The van der Waals surface area contributed by atoms with Gasteiger partial charge in [0, 0.05) is 23.7 Å². The highest BCUT2D eigenvalue weighted by atomic mass is 35.5. The molecule has 21 heavy (non-hydrogen) atoms. The van der Waals surface area contributed by atoms with E-state index in [1.54, 1.807) is 0 Å². The summed E-state index contributed by atoms with van der Waals surface area (Å²) in [5.74, 6) is 0.807. The Hall–Kier alpha value is -0.330. The van der Waals surface area contributed by atoms with Crippen molar-refractivity contribution in [3.05, 3.63) is 27.7 Å². The molecule has 1 aliphatic rings. The molecule has 1 heterocycles. The van der Waals surface area contributed by atoms with Crippen LogP contribution in [0.5, 0.6) is 0 Å². The molecule has 7 heteroatoms. The molecule has 1 aliphatic heterocycles. The van der Waals surface area contributed by atoms with Crippen LogP contribution in [0.25, 0.3) is 0 Å². The number of aliphatic hydroxyl groups excluding tert-OH is 1. The topological polar surface area (TPSA) is 57.6 Å². The Balaban J connectivity index is 2.38. The number of nitrogens with zero attached hydrogens (tertiary/aromatic N) is 1. The van der Waals surface area contributed by atoms with Gasteiger partial charge in [0.2, 0.25) is 10.0 Å². The minimum absolute atomic E-state index is 0.0120. The Labute approximate surface area is 135 Å². The van der Waals surface area contributed by atoms with Gasteiger partial charge in [0.05, 0.1) is 11.6 Å². The summed E-state index contributed by atoms with van der Waals surface area (Å²) in [7, 11) is -3.65. The van der Waals surface area contributed by atoms with Crippen molar-refractivity contribution in [2.75, 3.05) is 13.1 Å². The van der Waals surface area contributed by atoms with Gasteiger partial charge in [0.1, 0.15) is 4.90 Å². The van der Waals surface area contributed by atoms with Crippen LogP contribution in [0.1, 0.15) is 25.8 Å². The minimum atomic E-state index is -3.65. The summed E-state index contributed by atoms with van der Waals surface area (Å²) < 4.78 is 26.9. The first kappa shape index (κ1) is 17.0. The van der Waals surface area contributed by atoms with Crippen molar-refractivity contribution >= 4 is 33.2 Å². The van der Waals surface area contributed by atoms with Gasteiger partial charge in [-0.05, 0) is 30.4 Å². The van der Waals surface area contributed by atoms with E-state index in [1.807, 2.05) is 0 Å². The number of halogens is 2. The van der Waals surface area contributed by atoms with Gasteiger partial charge in [-0.3, -0.25) is 0 Å². The molecule has 0 aromatic heterocycles. The van der Waals surface area contributed by atoms with Crippen LogP contribution < -0.4 is 0 Å². The largest absolute Gasteiger partial charge is 0.392 e. The second-order valence-electron chi connectivity index (χ2n) is 5.65. The summed E-state index contributed by atoms with van der Waals surface area (Å²) >= 11 is 12.0.